The van der Waals surface area contributed by atoms with Crippen LogP contribution in [0.3, 0.4) is 0 Å². The maximum Gasteiger partial charge on any atom is 0.416 e. The molecule has 1 N–H and O–H groups in total. The summed E-state index contributed by atoms with van der Waals surface area (Å²) in [6.45, 7) is 7.05. The van der Waals surface area contributed by atoms with E-state index in [4.69, 9.17) is 23.2 Å². The van der Waals surface area contributed by atoms with Gasteiger partial charge in [-0.25, -0.2) is 0 Å². The molecule has 0 fully saturated rings. The first-order valence-corrected chi connectivity index (χ1v) is 10.3. The number of hydrogen-bond donors (Lipinski definition) is 1. The number of hydrogen-bond acceptors (Lipinski definition) is 2. The van der Waals surface area contributed by atoms with Gasteiger partial charge in [-0.15, -0.1) is 0 Å². The molecule has 3 nitrogen and oxygen atoms in total. The Morgan fingerprint density at radius 3 is 2.33 bits per heavy atom. The Morgan fingerprint density at radius 2 is 1.77 bits per heavy atom. The number of anilines is 1. The van der Waals surface area contributed by atoms with E-state index >= 15 is 0 Å². The summed E-state index contributed by atoms with van der Waals surface area (Å²) >= 11 is 12.2. The number of carbonyl (C=O) groups excluding carboxylic acids is 1. The lowest BCUT2D eigenvalue weighted by molar-refractivity contribution is -0.137. The second-order valence-electron chi connectivity index (χ2n) is 6.64. The molecule has 0 spiro atoms. The van der Waals surface area contributed by atoms with Crippen LogP contribution in [0.25, 0.3) is 6.08 Å². The minimum atomic E-state index is -4.47. The third kappa shape index (κ3) is 7.04. The molecule has 0 aliphatic rings. The van der Waals surface area contributed by atoms with E-state index in [-0.39, 0.29) is 5.02 Å². The maximum absolute atomic E-state index is 12.7. The zero-order valence-electron chi connectivity index (χ0n) is 16.7. The molecule has 0 aliphatic carbocycles. The van der Waals surface area contributed by atoms with Gasteiger partial charge in [0.15, 0.2) is 0 Å². The fraction of sp³-hybridized carbons (Fsp3) is 0.318. The molecule has 0 aliphatic heterocycles. The van der Waals surface area contributed by atoms with E-state index in [1.165, 1.54) is 18.2 Å². The predicted molar refractivity (Wildman–Crippen MR) is 117 cm³/mol. The third-order valence-corrected chi connectivity index (χ3v) is 5.33. The van der Waals surface area contributed by atoms with Crippen LogP contribution in [0.2, 0.25) is 10.0 Å². The second-order valence-corrected chi connectivity index (χ2v) is 7.45. The number of alkyl halides is 3. The molecule has 2 aromatic carbocycles. The normalized spacial score (nSPS) is 12.0. The molecule has 0 heterocycles. The highest BCUT2D eigenvalue weighted by atomic mass is 35.5. The lowest BCUT2D eigenvalue weighted by Gasteiger charge is -2.18. The first-order chi connectivity index (χ1) is 14.1. The first-order valence-electron chi connectivity index (χ1n) is 9.50. The summed E-state index contributed by atoms with van der Waals surface area (Å²) in [5, 5.41) is 3.15. The number of halogens is 5. The third-order valence-electron chi connectivity index (χ3n) is 4.65. The van der Waals surface area contributed by atoms with Gasteiger partial charge in [0.1, 0.15) is 0 Å². The molecule has 2 aromatic rings. The van der Waals surface area contributed by atoms with Crippen LogP contribution in [-0.2, 0) is 17.4 Å². The average Bonchev–Trinajstić information content (AvgIpc) is 2.68. The smallest absolute Gasteiger partial charge is 0.322 e. The number of nitrogens with one attached hydrogen (secondary N) is 1. The number of nitrogens with zero attached hydrogens (tertiary/aromatic N) is 1. The van der Waals surface area contributed by atoms with Gasteiger partial charge in [0.05, 0.1) is 5.56 Å². The summed E-state index contributed by atoms with van der Waals surface area (Å²) in [5.41, 5.74) is 0.989. The second kappa shape index (κ2) is 10.8. The zero-order chi connectivity index (χ0) is 22.3. The van der Waals surface area contributed by atoms with Gasteiger partial charge in [-0.05, 0) is 61.0 Å². The van der Waals surface area contributed by atoms with E-state index in [1.54, 1.807) is 12.1 Å². The van der Waals surface area contributed by atoms with E-state index in [0.29, 0.717) is 16.3 Å². The summed E-state index contributed by atoms with van der Waals surface area (Å²) in [6.07, 6.45) is -1.10. The van der Waals surface area contributed by atoms with Gasteiger partial charge in [0.25, 0.3) is 0 Å². The fourth-order valence-corrected chi connectivity index (χ4v) is 3.35. The van der Waals surface area contributed by atoms with Crippen LogP contribution in [0.4, 0.5) is 18.9 Å². The summed E-state index contributed by atoms with van der Waals surface area (Å²) in [5.74, 6) is -0.446. The molecule has 0 bridgehead atoms. The topological polar surface area (TPSA) is 32.3 Å². The molecular formula is C22H23Cl2F3N2O. The highest BCUT2D eigenvalue weighted by molar-refractivity contribution is 6.32. The predicted octanol–water partition coefficient (Wildman–Crippen LogP) is 6.55. The standard InChI is InChI=1S/C22H23Cl2F3N2O/c1-3-29(4-2)12-11-16-6-9-18(14-20(16)24)28-21(30)10-7-15-5-8-17(13-19(15)23)22(25,26)27/h5-10,13-14H,3-4,11-12H2,1-2H3,(H,28,30). The summed E-state index contributed by atoms with van der Waals surface area (Å²) in [7, 11) is 0. The molecule has 0 radical (unpaired) electrons. The van der Waals surface area contributed by atoms with Crippen LogP contribution in [0, 0.1) is 0 Å². The number of likely N-dealkylation sites (N-methyl/N-ethyl adjacent to an activating group) is 1. The van der Waals surface area contributed by atoms with Crippen LogP contribution in [0.15, 0.2) is 42.5 Å². The van der Waals surface area contributed by atoms with Gasteiger partial charge < -0.3 is 10.2 Å². The number of amides is 1. The summed E-state index contributed by atoms with van der Waals surface area (Å²) in [6, 6.07) is 8.28. The van der Waals surface area contributed by atoms with Crippen molar-refractivity contribution in [3.8, 4) is 0 Å². The van der Waals surface area contributed by atoms with E-state index in [2.05, 4.69) is 24.1 Å². The van der Waals surface area contributed by atoms with Crippen molar-refractivity contribution in [1.82, 2.24) is 4.90 Å². The quantitative estimate of drug-likeness (QED) is 0.454. The maximum atomic E-state index is 12.7. The Balaban J connectivity index is 2.00. The van der Waals surface area contributed by atoms with Crippen molar-refractivity contribution < 1.29 is 18.0 Å². The number of rotatable bonds is 8. The first kappa shape index (κ1) is 24.3. The van der Waals surface area contributed by atoms with Gasteiger partial charge in [0, 0.05) is 28.4 Å². The average molecular weight is 459 g/mol. The minimum Gasteiger partial charge on any atom is -0.322 e. The Hall–Kier alpha value is -2.02. The lowest BCUT2D eigenvalue weighted by Crippen LogP contribution is -2.25. The van der Waals surface area contributed by atoms with Gasteiger partial charge in [-0.2, -0.15) is 13.2 Å². The highest BCUT2D eigenvalue weighted by Crippen LogP contribution is 2.32. The highest BCUT2D eigenvalue weighted by Gasteiger charge is 2.30. The Bertz CT molecular complexity index is 910. The Labute approximate surface area is 184 Å². The van der Waals surface area contributed by atoms with Crippen molar-refractivity contribution in [2.45, 2.75) is 26.4 Å². The molecule has 0 unspecified atom stereocenters. The molecule has 30 heavy (non-hydrogen) atoms. The molecule has 0 saturated carbocycles. The monoisotopic (exact) mass is 458 g/mol. The molecule has 2 rings (SSSR count). The van der Waals surface area contributed by atoms with Gasteiger partial charge in [-0.3, -0.25) is 4.79 Å². The van der Waals surface area contributed by atoms with Crippen molar-refractivity contribution >= 4 is 40.9 Å². The zero-order valence-corrected chi connectivity index (χ0v) is 18.2. The van der Waals surface area contributed by atoms with Gasteiger partial charge in [-0.1, -0.05) is 49.2 Å². The minimum absolute atomic E-state index is 0.0884. The van der Waals surface area contributed by atoms with E-state index < -0.39 is 17.6 Å². The Kier molecular flexibility index (Phi) is 8.77. The lowest BCUT2D eigenvalue weighted by atomic mass is 10.1. The molecule has 0 saturated heterocycles. The summed E-state index contributed by atoms with van der Waals surface area (Å²) in [4.78, 5) is 14.4. The van der Waals surface area contributed by atoms with Crippen LogP contribution < -0.4 is 5.32 Å². The molecule has 162 valence electrons. The molecule has 8 heteroatoms. The largest absolute Gasteiger partial charge is 0.416 e. The number of carbonyl (C=O) groups is 1. The molecule has 0 aromatic heterocycles. The van der Waals surface area contributed by atoms with E-state index in [9.17, 15) is 18.0 Å². The van der Waals surface area contributed by atoms with E-state index in [1.807, 2.05) is 6.07 Å². The van der Waals surface area contributed by atoms with Crippen LogP contribution >= 0.6 is 23.2 Å². The van der Waals surface area contributed by atoms with Crippen LogP contribution in [0.5, 0.6) is 0 Å². The summed E-state index contributed by atoms with van der Waals surface area (Å²) < 4.78 is 38.1. The van der Waals surface area contributed by atoms with Crippen LogP contribution in [-0.4, -0.2) is 30.4 Å². The number of benzene rings is 2. The molecule has 1 amide bonds. The van der Waals surface area contributed by atoms with Crippen molar-refractivity contribution in [2.75, 3.05) is 25.0 Å². The van der Waals surface area contributed by atoms with Gasteiger partial charge in [0.2, 0.25) is 5.91 Å². The van der Waals surface area contributed by atoms with Crippen molar-refractivity contribution in [3.05, 3.63) is 69.2 Å². The van der Waals surface area contributed by atoms with Crippen LogP contribution in [0.1, 0.15) is 30.5 Å². The van der Waals surface area contributed by atoms with Crippen molar-refractivity contribution in [3.63, 3.8) is 0 Å². The molecule has 0 atom stereocenters. The van der Waals surface area contributed by atoms with E-state index in [0.717, 1.165) is 43.8 Å². The van der Waals surface area contributed by atoms with Crippen molar-refractivity contribution in [1.29, 1.82) is 0 Å². The van der Waals surface area contributed by atoms with Gasteiger partial charge >= 0.3 is 6.18 Å². The Morgan fingerprint density at radius 1 is 1.07 bits per heavy atom. The van der Waals surface area contributed by atoms with Crippen molar-refractivity contribution in [2.24, 2.45) is 0 Å². The molecular weight excluding hydrogens is 436 g/mol. The SMILES string of the molecule is CCN(CC)CCc1ccc(NC(=O)C=Cc2ccc(C(F)(F)F)cc2Cl)cc1Cl. The fourth-order valence-electron chi connectivity index (χ4n) is 2.83.